The van der Waals surface area contributed by atoms with Gasteiger partial charge in [0.05, 0.1) is 32.1 Å². The molecule has 0 saturated heterocycles. The molecule has 31 heavy (non-hydrogen) atoms. The summed E-state index contributed by atoms with van der Waals surface area (Å²) >= 11 is 19.6. The summed E-state index contributed by atoms with van der Waals surface area (Å²) in [5.41, 5.74) is 4.92. The van der Waals surface area contributed by atoms with Crippen LogP contribution in [0.15, 0.2) is 66.7 Å². The molecular formula is C25H21Cl3N2O. The quantitative estimate of drug-likeness (QED) is 0.331. The van der Waals surface area contributed by atoms with Crippen LogP contribution in [0.5, 0.6) is 0 Å². The lowest BCUT2D eigenvalue weighted by Crippen LogP contribution is -2.15. The Morgan fingerprint density at radius 3 is 2.10 bits per heavy atom. The van der Waals surface area contributed by atoms with Gasteiger partial charge in [0.1, 0.15) is 5.69 Å². The molecule has 3 aromatic carbocycles. The lowest BCUT2D eigenvalue weighted by Gasteiger charge is -2.19. The maximum absolute atomic E-state index is 10.3. The predicted molar refractivity (Wildman–Crippen MR) is 129 cm³/mol. The molecule has 1 aromatic heterocycles. The van der Waals surface area contributed by atoms with E-state index in [0.29, 0.717) is 20.8 Å². The first-order chi connectivity index (χ1) is 14.6. The molecule has 0 unspecified atom stereocenters. The Morgan fingerprint density at radius 1 is 0.806 bits per heavy atom. The maximum Gasteiger partial charge on any atom is 0.102 e. The van der Waals surface area contributed by atoms with Gasteiger partial charge in [-0.25, -0.2) is 4.68 Å². The van der Waals surface area contributed by atoms with E-state index in [1.165, 1.54) is 0 Å². The highest BCUT2D eigenvalue weighted by Crippen LogP contribution is 2.37. The summed E-state index contributed by atoms with van der Waals surface area (Å²) in [7, 11) is 0. The van der Waals surface area contributed by atoms with Gasteiger partial charge >= 0.3 is 0 Å². The highest BCUT2D eigenvalue weighted by molar-refractivity contribution is 6.38. The molecule has 0 atom stereocenters. The summed E-state index contributed by atoms with van der Waals surface area (Å²) in [6, 6.07) is 21.0. The van der Waals surface area contributed by atoms with Crippen molar-refractivity contribution in [1.82, 2.24) is 9.78 Å². The number of aryl methyl sites for hydroxylation is 1. The molecular weight excluding hydrogens is 451 g/mol. The number of hydrogen-bond acceptors (Lipinski definition) is 2. The van der Waals surface area contributed by atoms with E-state index in [1.807, 2.05) is 55.5 Å². The van der Waals surface area contributed by atoms with E-state index in [-0.39, 0.29) is 0 Å². The second-order valence-corrected chi connectivity index (χ2v) is 9.21. The number of benzene rings is 3. The third-order valence-electron chi connectivity index (χ3n) is 5.13. The van der Waals surface area contributed by atoms with Crippen molar-refractivity contribution in [1.29, 1.82) is 0 Å². The Labute approximate surface area is 196 Å². The van der Waals surface area contributed by atoms with Gasteiger partial charge in [-0.3, -0.25) is 0 Å². The van der Waals surface area contributed by atoms with Crippen LogP contribution in [0, 0.1) is 6.92 Å². The monoisotopic (exact) mass is 470 g/mol. The molecule has 0 fully saturated rings. The molecule has 0 saturated carbocycles. The maximum atomic E-state index is 10.3. The van der Waals surface area contributed by atoms with Crippen molar-refractivity contribution >= 4 is 34.8 Å². The Bertz CT molecular complexity index is 1250. The molecule has 0 radical (unpaired) electrons. The van der Waals surface area contributed by atoms with Gasteiger partial charge in [0.2, 0.25) is 0 Å². The van der Waals surface area contributed by atoms with Gasteiger partial charge in [-0.05, 0) is 67.8 Å². The van der Waals surface area contributed by atoms with E-state index >= 15 is 0 Å². The molecule has 4 aromatic rings. The fourth-order valence-corrected chi connectivity index (χ4v) is 4.37. The zero-order valence-electron chi connectivity index (χ0n) is 17.3. The fourth-order valence-electron chi connectivity index (χ4n) is 3.53. The highest BCUT2D eigenvalue weighted by atomic mass is 35.5. The van der Waals surface area contributed by atoms with Crippen LogP contribution in [0.3, 0.4) is 0 Å². The van der Waals surface area contributed by atoms with Crippen molar-refractivity contribution in [2.45, 2.75) is 26.4 Å². The SMILES string of the molecule is Cc1cc(-c2ccc(-c3cccc(C(C)(C)O)c3)cc2Cl)n(-c2c(Cl)cccc2Cl)n1. The first-order valence-corrected chi connectivity index (χ1v) is 10.9. The number of nitrogens with zero attached hydrogens (tertiary/aromatic N) is 2. The van der Waals surface area contributed by atoms with E-state index in [1.54, 1.807) is 36.7 Å². The van der Waals surface area contributed by atoms with Crippen LogP contribution in [0.4, 0.5) is 0 Å². The van der Waals surface area contributed by atoms with Crippen LogP contribution in [0.25, 0.3) is 28.1 Å². The predicted octanol–water partition coefficient (Wildman–Crippen LogP) is 7.70. The standard InChI is InChI=1S/C25H21Cl3N2O/c1-15-12-23(30(29-15)24-20(26)8-5-9-21(24)27)19-11-10-17(14-22(19)28)16-6-4-7-18(13-16)25(2,3)31/h4-14,31H,1-3H3. The number of para-hydroxylation sites is 1. The second kappa shape index (κ2) is 8.33. The molecule has 4 rings (SSSR count). The number of aliphatic hydroxyl groups is 1. The van der Waals surface area contributed by atoms with Crippen molar-refractivity contribution in [3.63, 3.8) is 0 Å². The van der Waals surface area contributed by atoms with E-state index in [9.17, 15) is 5.11 Å². The molecule has 1 N–H and O–H groups in total. The smallest absolute Gasteiger partial charge is 0.102 e. The molecule has 0 amide bonds. The average Bonchev–Trinajstić information content (AvgIpc) is 3.08. The third-order valence-corrected chi connectivity index (χ3v) is 6.05. The van der Waals surface area contributed by atoms with E-state index in [2.05, 4.69) is 5.10 Å². The summed E-state index contributed by atoms with van der Waals surface area (Å²) in [6.07, 6.45) is 0. The fraction of sp³-hybridized carbons (Fsp3) is 0.160. The van der Waals surface area contributed by atoms with Crippen LogP contribution in [-0.2, 0) is 5.60 Å². The van der Waals surface area contributed by atoms with Crippen molar-refractivity contribution in [2.75, 3.05) is 0 Å². The summed E-state index contributed by atoms with van der Waals surface area (Å²) in [5.74, 6) is 0. The third kappa shape index (κ3) is 4.37. The molecule has 1 heterocycles. The average molecular weight is 472 g/mol. The van der Waals surface area contributed by atoms with Gasteiger partial charge in [-0.1, -0.05) is 71.2 Å². The van der Waals surface area contributed by atoms with Crippen molar-refractivity contribution < 1.29 is 5.11 Å². The number of halogens is 3. The molecule has 0 aliphatic rings. The minimum atomic E-state index is -0.919. The molecule has 0 aliphatic carbocycles. The van der Waals surface area contributed by atoms with Crippen LogP contribution in [0.2, 0.25) is 15.1 Å². The van der Waals surface area contributed by atoms with Gasteiger partial charge in [0.15, 0.2) is 0 Å². The van der Waals surface area contributed by atoms with Crippen molar-refractivity contribution in [3.8, 4) is 28.1 Å². The zero-order chi connectivity index (χ0) is 22.3. The van der Waals surface area contributed by atoms with Gasteiger partial charge in [-0.15, -0.1) is 0 Å². The lowest BCUT2D eigenvalue weighted by molar-refractivity contribution is 0.0786. The van der Waals surface area contributed by atoms with Gasteiger partial charge in [0.25, 0.3) is 0 Å². The molecule has 0 bridgehead atoms. The molecule has 3 nitrogen and oxygen atoms in total. The second-order valence-electron chi connectivity index (χ2n) is 7.99. The largest absolute Gasteiger partial charge is 0.386 e. The minimum Gasteiger partial charge on any atom is -0.386 e. The Hall–Kier alpha value is -2.30. The van der Waals surface area contributed by atoms with E-state index < -0.39 is 5.60 Å². The Balaban J connectivity index is 1.81. The molecule has 0 aliphatic heterocycles. The Kier molecular flexibility index (Phi) is 5.89. The van der Waals surface area contributed by atoms with E-state index in [0.717, 1.165) is 33.6 Å². The summed E-state index contributed by atoms with van der Waals surface area (Å²) in [4.78, 5) is 0. The topological polar surface area (TPSA) is 38.0 Å². The highest BCUT2D eigenvalue weighted by Gasteiger charge is 2.19. The number of aromatic nitrogens is 2. The normalized spacial score (nSPS) is 11.7. The van der Waals surface area contributed by atoms with Crippen LogP contribution < -0.4 is 0 Å². The van der Waals surface area contributed by atoms with Crippen molar-refractivity contribution in [3.05, 3.63) is 93.1 Å². The number of rotatable bonds is 4. The zero-order valence-corrected chi connectivity index (χ0v) is 19.6. The summed E-state index contributed by atoms with van der Waals surface area (Å²) in [5, 5.41) is 16.5. The van der Waals surface area contributed by atoms with E-state index in [4.69, 9.17) is 34.8 Å². The van der Waals surface area contributed by atoms with Crippen LogP contribution in [-0.4, -0.2) is 14.9 Å². The first kappa shape index (κ1) is 21.9. The lowest BCUT2D eigenvalue weighted by atomic mass is 9.94. The summed E-state index contributed by atoms with van der Waals surface area (Å²) in [6.45, 7) is 5.45. The van der Waals surface area contributed by atoms with Crippen LogP contribution >= 0.6 is 34.8 Å². The van der Waals surface area contributed by atoms with Crippen molar-refractivity contribution in [2.24, 2.45) is 0 Å². The summed E-state index contributed by atoms with van der Waals surface area (Å²) < 4.78 is 1.73. The molecule has 6 heteroatoms. The van der Waals surface area contributed by atoms with Gasteiger partial charge < -0.3 is 5.11 Å². The minimum absolute atomic E-state index is 0.507. The number of hydrogen-bond donors (Lipinski definition) is 1. The van der Waals surface area contributed by atoms with Gasteiger partial charge in [0, 0.05) is 5.56 Å². The molecule has 0 spiro atoms. The Morgan fingerprint density at radius 2 is 1.45 bits per heavy atom. The first-order valence-electron chi connectivity index (χ1n) is 9.79. The van der Waals surface area contributed by atoms with Crippen LogP contribution in [0.1, 0.15) is 25.1 Å². The molecule has 158 valence electrons. The van der Waals surface area contributed by atoms with Gasteiger partial charge in [-0.2, -0.15) is 5.10 Å².